The average Bonchev–Trinajstić information content (AvgIpc) is 2.77. The van der Waals surface area contributed by atoms with Crippen molar-refractivity contribution in [2.24, 2.45) is 0 Å². The molecule has 0 saturated heterocycles. The predicted octanol–water partition coefficient (Wildman–Crippen LogP) is 2.86. The van der Waals surface area contributed by atoms with E-state index in [1.807, 2.05) is 0 Å². The largest absolute Gasteiger partial charge is 0.478 e. The molecule has 1 amide bonds. The topological polar surface area (TPSA) is 79.3 Å². The number of rotatable bonds is 3. The first kappa shape index (κ1) is 12.7. The molecule has 0 spiro atoms. The molecule has 0 unspecified atom stereocenters. The number of aromatic nitrogens is 1. The molecule has 0 aliphatic carbocycles. The van der Waals surface area contributed by atoms with Crippen LogP contribution in [-0.2, 0) is 0 Å². The average molecular weight is 327 g/mol. The van der Waals surface area contributed by atoms with Crippen molar-refractivity contribution in [3.63, 3.8) is 0 Å². The summed E-state index contributed by atoms with van der Waals surface area (Å²) in [6.07, 6.45) is 1.55. The molecule has 0 bridgehead atoms. The third kappa shape index (κ3) is 2.57. The molecule has 0 saturated carbocycles. The van der Waals surface area contributed by atoms with Crippen LogP contribution in [0.15, 0.2) is 34.4 Å². The highest BCUT2D eigenvalue weighted by Crippen LogP contribution is 2.24. The van der Waals surface area contributed by atoms with Gasteiger partial charge in [0.1, 0.15) is 9.60 Å². The Kier molecular flexibility index (Phi) is 3.73. The smallest absolute Gasteiger partial charge is 0.338 e. The minimum absolute atomic E-state index is 0.0772. The number of carbonyl (C=O) groups excluding carboxylic acids is 1. The van der Waals surface area contributed by atoms with Gasteiger partial charge in [-0.1, -0.05) is 0 Å². The monoisotopic (exact) mass is 326 g/mol. The summed E-state index contributed by atoms with van der Waals surface area (Å²) in [6, 6.07) is 4.67. The lowest BCUT2D eigenvalue weighted by Crippen LogP contribution is -2.14. The zero-order valence-electron chi connectivity index (χ0n) is 8.88. The van der Waals surface area contributed by atoms with Gasteiger partial charge in [-0.25, -0.2) is 9.78 Å². The second kappa shape index (κ2) is 5.28. The summed E-state index contributed by atoms with van der Waals surface area (Å²) in [6.45, 7) is 0. The first-order valence-corrected chi connectivity index (χ1v) is 6.49. The molecule has 2 aromatic rings. The van der Waals surface area contributed by atoms with Crippen molar-refractivity contribution >= 4 is 44.1 Å². The lowest BCUT2D eigenvalue weighted by atomic mass is 10.2. The van der Waals surface area contributed by atoms with Crippen LogP contribution < -0.4 is 5.32 Å². The fourth-order valence-corrected chi connectivity index (χ4v) is 2.50. The molecule has 0 aliphatic heterocycles. The number of thiophene rings is 1. The van der Waals surface area contributed by atoms with Gasteiger partial charge in [-0.05, 0) is 39.5 Å². The van der Waals surface area contributed by atoms with Gasteiger partial charge < -0.3 is 10.4 Å². The number of anilines is 1. The van der Waals surface area contributed by atoms with Crippen molar-refractivity contribution in [2.45, 2.75) is 0 Å². The zero-order chi connectivity index (χ0) is 13.1. The summed E-state index contributed by atoms with van der Waals surface area (Å²) >= 11 is 4.32. The van der Waals surface area contributed by atoms with Gasteiger partial charge in [-0.15, -0.1) is 11.3 Å². The Morgan fingerprint density at radius 3 is 2.78 bits per heavy atom. The summed E-state index contributed by atoms with van der Waals surface area (Å²) in [5.41, 5.74) is 0.426. The van der Waals surface area contributed by atoms with E-state index in [2.05, 4.69) is 26.2 Å². The van der Waals surface area contributed by atoms with Crippen LogP contribution in [0.1, 0.15) is 20.7 Å². The van der Waals surface area contributed by atoms with Gasteiger partial charge in [0.25, 0.3) is 5.91 Å². The fraction of sp³-hybridized carbons (Fsp3) is 0. The Balaban J connectivity index is 2.25. The van der Waals surface area contributed by atoms with Crippen LogP contribution in [0.5, 0.6) is 0 Å². The van der Waals surface area contributed by atoms with E-state index in [0.717, 1.165) is 11.3 Å². The molecule has 2 heterocycles. The predicted molar refractivity (Wildman–Crippen MR) is 71.2 cm³/mol. The summed E-state index contributed by atoms with van der Waals surface area (Å²) in [7, 11) is 0. The number of nitrogens with zero attached hydrogens (tertiary/aromatic N) is 1. The number of halogens is 1. The summed E-state index contributed by atoms with van der Waals surface area (Å²) in [5, 5.41) is 13.4. The van der Waals surface area contributed by atoms with Crippen LogP contribution in [0.3, 0.4) is 0 Å². The molecule has 7 heteroatoms. The van der Waals surface area contributed by atoms with Crippen LogP contribution in [0.4, 0.5) is 5.00 Å². The molecule has 0 radical (unpaired) electrons. The fourth-order valence-electron chi connectivity index (χ4n) is 1.30. The number of pyridine rings is 1. The van der Waals surface area contributed by atoms with E-state index in [4.69, 9.17) is 5.11 Å². The molecule has 0 aliphatic rings. The lowest BCUT2D eigenvalue weighted by molar-refractivity contribution is 0.0698. The minimum atomic E-state index is -1.07. The van der Waals surface area contributed by atoms with Gasteiger partial charge >= 0.3 is 5.97 Å². The Labute approximate surface area is 115 Å². The number of carboxylic acid groups (broad SMARTS) is 1. The summed E-state index contributed by atoms with van der Waals surface area (Å²) < 4.78 is 0.413. The SMILES string of the molecule is O=C(Nc1sccc1C(=O)O)c1cccnc1Br. The second-order valence-electron chi connectivity index (χ2n) is 3.26. The number of nitrogens with one attached hydrogen (secondary N) is 1. The van der Waals surface area contributed by atoms with E-state index in [1.165, 1.54) is 6.07 Å². The molecule has 2 N–H and O–H groups in total. The van der Waals surface area contributed by atoms with Crippen molar-refractivity contribution < 1.29 is 14.7 Å². The maximum absolute atomic E-state index is 11.9. The van der Waals surface area contributed by atoms with Gasteiger partial charge in [0, 0.05) is 6.20 Å². The van der Waals surface area contributed by atoms with Gasteiger partial charge in [0.05, 0.1) is 11.1 Å². The first-order valence-electron chi connectivity index (χ1n) is 4.82. The van der Waals surface area contributed by atoms with E-state index < -0.39 is 11.9 Å². The molecule has 92 valence electrons. The second-order valence-corrected chi connectivity index (χ2v) is 4.93. The Morgan fingerprint density at radius 1 is 1.33 bits per heavy atom. The van der Waals surface area contributed by atoms with Crippen molar-refractivity contribution in [2.75, 3.05) is 5.32 Å². The molecule has 2 rings (SSSR count). The number of hydrogen-bond donors (Lipinski definition) is 2. The quantitative estimate of drug-likeness (QED) is 0.850. The molecular formula is C11H7BrN2O3S. The van der Waals surface area contributed by atoms with E-state index in [-0.39, 0.29) is 5.56 Å². The van der Waals surface area contributed by atoms with Gasteiger partial charge in [-0.2, -0.15) is 0 Å². The van der Waals surface area contributed by atoms with E-state index in [1.54, 1.807) is 23.7 Å². The van der Waals surface area contributed by atoms with Crippen molar-refractivity contribution in [3.05, 3.63) is 45.5 Å². The lowest BCUT2D eigenvalue weighted by Gasteiger charge is -2.05. The standard InChI is InChI=1S/C11H7BrN2O3S/c12-8-6(2-1-4-13-8)9(15)14-10-7(11(16)17)3-5-18-10/h1-5H,(H,14,15)(H,16,17). The van der Waals surface area contributed by atoms with Gasteiger partial charge in [0.15, 0.2) is 0 Å². The van der Waals surface area contributed by atoms with E-state index in [9.17, 15) is 9.59 Å². The number of aromatic carboxylic acids is 1. The molecule has 2 aromatic heterocycles. The third-order valence-corrected chi connectivity index (χ3v) is 3.59. The highest BCUT2D eigenvalue weighted by molar-refractivity contribution is 9.10. The molecular weight excluding hydrogens is 320 g/mol. The van der Waals surface area contributed by atoms with E-state index in [0.29, 0.717) is 15.2 Å². The highest BCUT2D eigenvalue weighted by Gasteiger charge is 2.16. The van der Waals surface area contributed by atoms with Crippen LogP contribution in [0.2, 0.25) is 0 Å². The van der Waals surface area contributed by atoms with Gasteiger partial charge in [0.2, 0.25) is 0 Å². The van der Waals surface area contributed by atoms with Crippen LogP contribution in [-0.4, -0.2) is 22.0 Å². The summed E-state index contributed by atoms with van der Waals surface area (Å²) in [4.78, 5) is 26.8. The Morgan fingerprint density at radius 2 is 2.11 bits per heavy atom. The van der Waals surface area contributed by atoms with Crippen molar-refractivity contribution in [1.82, 2.24) is 4.98 Å². The highest BCUT2D eigenvalue weighted by atomic mass is 79.9. The molecule has 0 fully saturated rings. The zero-order valence-corrected chi connectivity index (χ0v) is 11.3. The molecule has 18 heavy (non-hydrogen) atoms. The maximum Gasteiger partial charge on any atom is 0.338 e. The summed E-state index contributed by atoms with van der Waals surface area (Å²) in [5.74, 6) is -1.48. The Bertz CT molecular complexity index is 612. The number of amides is 1. The molecule has 5 nitrogen and oxygen atoms in total. The van der Waals surface area contributed by atoms with Crippen molar-refractivity contribution in [3.8, 4) is 0 Å². The van der Waals surface area contributed by atoms with E-state index >= 15 is 0 Å². The van der Waals surface area contributed by atoms with Crippen molar-refractivity contribution in [1.29, 1.82) is 0 Å². The normalized spacial score (nSPS) is 10.1. The van der Waals surface area contributed by atoms with Crippen LogP contribution in [0.25, 0.3) is 0 Å². The molecule has 0 atom stereocenters. The van der Waals surface area contributed by atoms with Crippen LogP contribution >= 0.6 is 27.3 Å². The first-order chi connectivity index (χ1) is 8.59. The number of carboxylic acids is 1. The minimum Gasteiger partial charge on any atom is -0.478 e. The number of hydrogen-bond acceptors (Lipinski definition) is 4. The number of carbonyl (C=O) groups is 2. The third-order valence-electron chi connectivity index (χ3n) is 2.13. The Hall–Kier alpha value is -1.73. The van der Waals surface area contributed by atoms with Gasteiger partial charge in [-0.3, -0.25) is 4.79 Å². The maximum atomic E-state index is 11.9. The van der Waals surface area contributed by atoms with Crippen LogP contribution in [0, 0.1) is 0 Å². The molecule has 0 aromatic carbocycles.